The average molecular weight is 446 g/mol. The van der Waals surface area contributed by atoms with E-state index in [1.807, 2.05) is 0 Å². The van der Waals surface area contributed by atoms with Gasteiger partial charge in [-0.2, -0.15) is 17.5 Å². The Labute approximate surface area is 171 Å². The van der Waals surface area contributed by atoms with Gasteiger partial charge in [0.25, 0.3) is 5.91 Å². The van der Waals surface area contributed by atoms with Crippen molar-refractivity contribution in [2.45, 2.75) is 36.8 Å². The van der Waals surface area contributed by atoms with Gasteiger partial charge in [0.1, 0.15) is 12.0 Å². The Bertz CT molecular complexity index is 967. The van der Waals surface area contributed by atoms with E-state index in [1.165, 1.54) is 22.7 Å². The van der Waals surface area contributed by atoms with E-state index in [-0.39, 0.29) is 21.9 Å². The Balaban J connectivity index is 1.92. The summed E-state index contributed by atoms with van der Waals surface area (Å²) in [6, 6.07) is 4.77. The molecule has 2 heterocycles. The second kappa shape index (κ2) is 9.09. The van der Waals surface area contributed by atoms with E-state index in [2.05, 4.69) is 5.32 Å². The molecule has 1 aromatic heterocycles. The van der Waals surface area contributed by atoms with E-state index in [1.54, 1.807) is 0 Å². The van der Waals surface area contributed by atoms with Gasteiger partial charge in [0.05, 0.1) is 22.4 Å². The number of amides is 1. The van der Waals surface area contributed by atoms with Crippen LogP contribution >= 0.6 is 0 Å². The van der Waals surface area contributed by atoms with E-state index in [9.17, 15) is 26.4 Å². The number of rotatable bonds is 6. The van der Waals surface area contributed by atoms with Crippen molar-refractivity contribution in [2.75, 3.05) is 25.0 Å². The smallest absolute Gasteiger partial charge is 0.422 e. The van der Waals surface area contributed by atoms with E-state index in [4.69, 9.17) is 9.15 Å². The number of hydrogen-bond donors (Lipinski definition) is 1. The first-order chi connectivity index (χ1) is 14.2. The molecule has 0 aliphatic carbocycles. The summed E-state index contributed by atoms with van der Waals surface area (Å²) in [5.41, 5.74) is -0.0566. The van der Waals surface area contributed by atoms with Crippen molar-refractivity contribution in [3.8, 4) is 5.75 Å². The van der Waals surface area contributed by atoms with E-state index >= 15 is 0 Å². The van der Waals surface area contributed by atoms with Gasteiger partial charge in [-0.05, 0) is 37.1 Å². The Morgan fingerprint density at radius 1 is 1.13 bits per heavy atom. The number of ether oxygens (including phenoxy) is 1. The van der Waals surface area contributed by atoms with Gasteiger partial charge in [-0.3, -0.25) is 4.79 Å². The molecule has 0 atom stereocenters. The number of halogens is 3. The highest BCUT2D eigenvalue weighted by atomic mass is 32.2. The lowest BCUT2D eigenvalue weighted by atomic mass is 10.2. The second-order valence-electron chi connectivity index (χ2n) is 6.85. The Kier molecular flexibility index (Phi) is 6.71. The zero-order chi connectivity index (χ0) is 21.8. The first-order valence-corrected chi connectivity index (χ1v) is 10.8. The summed E-state index contributed by atoms with van der Waals surface area (Å²) in [6.45, 7) is -0.851. The third-order valence-electron chi connectivity index (χ3n) is 4.58. The molecule has 0 radical (unpaired) electrons. The van der Waals surface area contributed by atoms with Crippen LogP contribution in [0.25, 0.3) is 0 Å². The van der Waals surface area contributed by atoms with Crippen LogP contribution in [-0.2, 0) is 10.0 Å². The molecule has 1 N–H and O–H groups in total. The number of anilines is 1. The molecule has 7 nitrogen and oxygen atoms in total. The minimum Gasteiger partial charge on any atom is -0.482 e. The predicted octanol–water partition coefficient (Wildman–Crippen LogP) is 4.04. The van der Waals surface area contributed by atoms with E-state index in [0.29, 0.717) is 13.1 Å². The fourth-order valence-corrected chi connectivity index (χ4v) is 4.62. The molecule has 3 rings (SSSR count). The quantitative estimate of drug-likeness (QED) is 0.724. The molecule has 1 aliphatic rings. The molecular weight excluding hydrogens is 425 g/mol. The molecule has 11 heteroatoms. The number of furan rings is 1. The van der Waals surface area contributed by atoms with Crippen LogP contribution in [0.1, 0.15) is 36.0 Å². The van der Waals surface area contributed by atoms with Crippen LogP contribution in [0.15, 0.2) is 46.1 Å². The van der Waals surface area contributed by atoms with Crippen molar-refractivity contribution in [1.29, 1.82) is 0 Å². The third kappa shape index (κ3) is 5.54. The summed E-state index contributed by atoms with van der Waals surface area (Å²) in [5, 5.41) is 2.40. The van der Waals surface area contributed by atoms with Gasteiger partial charge in [-0.1, -0.05) is 12.8 Å². The Morgan fingerprint density at radius 2 is 1.83 bits per heavy atom. The number of carbonyl (C=O) groups is 1. The molecule has 1 aliphatic heterocycles. The lowest BCUT2D eigenvalue weighted by Gasteiger charge is -2.21. The number of benzene rings is 1. The largest absolute Gasteiger partial charge is 0.482 e. The zero-order valence-electron chi connectivity index (χ0n) is 15.9. The molecule has 1 saturated heterocycles. The van der Waals surface area contributed by atoms with Crippen LogP contribution in [0.3, 0.4) is 0 Å². The molecule has 0 spiro atoms. The van der Waals surface area contributed by atoms with Gasteiger partial charge in [0.2, 0.25) is 10.0 Å². The maximum Gasteiger partial charge on any atom is 0.422 e. The molecule has 1 fully saturated rings. The van der Waals surface area contributed by atoms with Crippen LogP contribution in [0.2, 0.25) is 0 Å². The first-order valence-electron chi connectivity index (χ1n) is 9.34. The average Bonchev–Trinajstić information content (AvgIpc) is 3.08. The highest BCUT2D eigenvalue weighted by Crippen LogP contribution is 2.31. The van der Waals surface area contributed by atoms with Gasteiger partial charge >= 0.3 is 6.18 Å². The standard InChI is InChI=1S/C19H21F3N2O5S/c20-19(21,22)13-29-17-6-5-15(30(26,27)24-8-3-1-2-4-9-24)11-16(17)23-18(25)14-7-10-28-12-14/h5-7,10-12H,1-4,8-9,13H2,(H,23,25). The lowest BCUT2D eigenvalue weighted by Crippen LogP contribution is -2.32. The van der Waals surface area contributed by atoms with Gasteiger partial charge < -0.3 is 14.5 Å². The van der Waals surface area contributed by atoms with Gasteiger partial charge in [0, 0.05) is 13.1 Å². The minimum atomic E-state index is -4.59. The van der Waals surface area contributed by atoms with Crippen molar-refractivity contribution in [3.63, 3.8) is 0 Å². The highest BCUT2D eigenvalue weighted by Gasteiger charge is 2.30. The van der Waals surface area contributed by atoms with Gasteiger partial charge in [-0.25, -0.2) is 8.42 Å². The summed E-state index contributed by atoms with van der Waals surface area (Å²) in [7, 11) is -3.87. The van der Waals surface area contributed by atoms with Crippen molar-refractivity contribution in [2.24, 2.45) is 0 Å². The monoisotopic (exact) mass is 446 g/mol. The molecule has 1 aromatic carbocycles. The van der Waals surface area contributed by atoms with Gasteiger partial charge in [-0.15, -0.1) is 0 Å². The molecule has 0 bridgehead atoms. The maximum absolute atomic E-state index is 13.0. The molecular formula is C19H21F3N2O5S. The van der Waals surface area contributed by atoms with E-state index < -0.39 is 28.7 Å². The normalized spacial score (nSPS) is 16.1. The lowest BCUT2D eigenvalue weighted by molar-refractivity contribution is -0.153. The number of hydrogen-bond acceptors (Lipinski definition) is 5. The summed E-state index contributed by atoms with van der Waals surface area (Å²) < 4.78 is 74.7. The van der Waals surface area contributed by atoms with Crippen LogP contribution in [0, 0.1) is 0 Å². The van der Waals surface area contributed by atoms with Crippen molar-refractivity contribution >= 4 is 21.6 Å². The van der Waals surface area contributed by atoms with Crippen molar-refractivity contribution < 1.29 is 35.5 Å². The van der Waals surface area contributed by atoms with Crippen LogP contribution < -0.4 is 10.1 Å². The minimum absolute atomic E-state index is 0.123. The number of carbonyl (C=O) groups excluding carboxylic acids is 1. The van der Waals surface area contributed by atoms with Crippen LogP contribution in [-0.4, -0.2) is 44.5 Å². The van der Waals surface area contributed by atoms with Crippen molar-refractivity contribution in [1.82, 2.24) is 4.31 Å². The molecule has 1 amide bonds. The molecule has 30 heavy (non-hydrogen) atoms. The number of alkyl halides is 3. The topological polar surface area (TPSA) is 88.9 Å². The summed E-state index contributed by atoms with van der Waals surface area (Å²) in [6.07, 6.45) is 1.15. The maximum atomic E-state index is 13.0. The number of sulfonamides is 1. The highest BCUT2D eigenvalue weighted by molar-refractivity contribution is 7.89. The second-order valence-corrected chi connectivity index (χ2v) is 8.78. The molecule has 164 valence electrons. The summed E-state index contributed by atoms with van der Waals surface area (Å²) >= 11 is 0. The predicted molar refractivity (Wildman–Crippen MR) is 102 cm³/mol. The summed E-state index contributed by atoms with van der Waals surface area (Å²) in [4.78, 5) is 12.2. The number of nitrogens with zero attached hydrogens (tertiary/aromatic N) is 1. The Morgan fingerprint density at radius 3 is 2.43 bits per heavy atom. The zero-order valence-corrected chi connectivity index (χ0v) is 16.8. The first kappa shape index (κ1) is 22.2. The third-order valence-corrected chi connectivity index (χ3v) is 6.47. The van der Waals surface area contributed by atoms with Crippen molar-refractivity contribution in [3.05, 3.63) is 42.4 Å². The van der Waals surface area contributed by atoms with Crippen LogP contribution in [0.4, 0.5) is 18.9 Å². The van der Waals surface area contributed by atoms with Gasteiger partial charge in [0.15, 0.2) is 6.61 Å². The fraction of sp³-hybridized carbons (Fsp3) is 0.421. The SMILES string of the molecule is O=C(Nc1cc(S(=O)(=O)N2CCCCCC2)ccc1OCC(F)(F)F)c1ccoc1. The molecule has 2 aromatic rings. The number of nitrogens with one attached hydrogen (secondary N) is 1. The van der Waals surface area contributed by atoms with Crippen LogP contribution in [0.5, 0.6) is 5.75 Å². The van der Waals surface area contributed by atoms with E-state index in [0.717, 1.165) is 44.1 Å². The fourth-order valence-electron chi connectivity index (χ4n) is 3.07. The molecule has 0 saturated carbocycles. The molecule has 0 unspecified atom stereocenters. The Hall–Kier alpha value is -2.53. The summed E-state index contributed by atoms with van der Waals surface area (Å²) in [5.74, 6) is -0.969.